The van der Waals surface area contributed by atoms with Gasteiger partial charge in [-0.2, -0.15) is 5.10 Å². The summed E-state index contributed by atoms with van der Waals surface area (Å²) in [6.45, 7) is 0. The molecular formula is C15H11N3OS3. The van der Waals surface area contributed by atoms with Crippen LogP contribution in [0.2, 0.25) is 0 Å². The molecule has 0 aromatic carbocycles. The maximum Gasteiger partial charge on any atom is 0.271 e. The number of thiophene rings is 2. The van der Waals surface area contributed by atoms with E-state index in [0.29, 0.717) is 5.56 Å². The van der Waals surface area contributed by atoms with Crippen molar-refractivity contribution in [2.45, 2.75) is 8.42 Å². The molecule has 0 unspecified atom stereocenters. The summed E-state index contributed by atoms with van der Waals surface area (Å²) in [5.41, 5.74) is 3.04. The second kappa shape index (κ2) is 7.35. The van der Waals surface area contributed by atoms with E-state index in [1.807, 2.05) is 12.1 Å². The van der Waals surface area contributed by atoms with Crippen molar-refractivity contribution in [3.05, 3.63) is 64.6 Å². The minimum atomic E-state index is -0.247. The monoisotopic (exact) mass is 345 g/mol. The predicted molar refractivity (Wildman–Crippen MR) is 92.1 cm³/mol. The summed E-state index contributed by atoms with van der Waals surface area (Å²) in [4.78, 5) is 16.7. The van der Waals surface area contributed by atoms with Crippen LogP contribution >= 0.6 is 34.4 Å². The summed E-state index contributed by atoms with van der Waals surface area (Å²) in [6.07, 6.45) is 4.81. The maximum absolute atomic E-state index is 11.8. The lowest BCUT2D eigenvalue weighted by Gasteiger charge is -1.97. The van der Waals surface area contributed by atoms with Crippen molar-refractivity contribution < 1.29 is 4.79 Å². The van der Waals surface area contributed by atoms with Gasteiger partial charge in [0.1, 0.15) is 0 Å². The highest BCUT2D eigenvalue weighted by Crippen LogP contribution is 2.35. The molecule has 0 aliphatic rings. The number of hydrazone groups is 1. The smallest absolute Gasteiger partial charge is 0.267 e. The van der Waals surface area contributed by atoms with E-state index in [1.165, 1.54) is 8.42 Å². The summed E-state index contributed by atoms with van der Waals surface area (Å²) in [7, 11) is 0. The van der Waals surface area contributed by atoms with E-state index in [2.05, 4.69) is 33.0 Å². The number of pyridine rings is 1. The highest BCUT2D eigenvalue weighted by molar-refractivity contribution is 8.02. The zero-order chi connectivity index (χ0) is 15.2. The molecule has 7 heteroatoms. The molecule has 0 radical (unpaired) electrons. The lowest BCUT2D eigenvalue weighted by Crippen LogP contribution is -2.17. The van der Waals surface area contributed by atoms with E-state index in [1.54, 1.807) is 65.2 Å². The standard InChI is InChI=1S/C15H11N3OS3/c19-15(11-5-7-16-8-6-11)18-17-10-12-3-4-14(21-12)22-13-2-1-9-20-13/h1-10H,(H,18,19)/b17-10-. The number of carbonyl (C=O) groups excluding carboxylic acids is 1. The first-order valence-electron chi connectivity index (χ1n) is 6.36. The highest BCUT2D eigenvalue weighted by Gasteiger charge is 2.03. The van der Waals surface area contributed by atoms with Crippen molar-refractivity contribution in [2.75, 3.05) is 0 Å². The second-order valence-electron chi connectivity index (χ2n) is 4.13. The Morgan fingerprint density at radius 2 is 2.05 bits per heavy atom. The summed E-state index contributed by atoms with van der Waals surface area (Å²) < 4.78 is 2.46. The molecule has 22 heavy (non-hydrogen) atoms. The molecule has 0 saturated heterocycles. The minimum Gasteiger partial charge on any atom is -0.267 e. The first-order chi connectivity index (χ1) is 10.8. The summed E-state index contributed by atoms with van der Waals surface area (Å²) in [6, 6.07) is 11.5. The van der Waals surface area contributed by atoms with Crippen molar-refractivity contribution in [2.24, 2.45) is 5.10 Å². The van der Waals surface area contributed by atoms with Gasteiger partial charge in [0.25, 0.3) is 5.91 Å². The number of rotatable bonds is 5. The van der Waals surface area contributed by atoms with Crippen LogP contribution in [0.15, 0.2) is 67.7 Å². The molecule has 3 rings (SSSR count). The largest absolute Gasteiger partial charge is 0.271 e. The Labute approximate surface area is 139 Å². The number of aromatic nitrogens is 1. The normalized spacial score (nSPS) is 10.9. The van der Waals surface area contributed by atoms with Crippen LogP contribution in [0, 0.1) is 0 Å². The van der Waals surface area contributed by atoms with E-state index in [9.17, 15) is 4.79 Å². The number of hydrogen-bond donors (Lipinski definition) is 1. The van der Waals surface area contributed by atoms with Crippen molar-refractivity contribution in [1.29, 1.82) is 0 Å². The average Bonchev–Trinajstić information content (AvgIpc) is 3.21. The zero-order valence-electron chi connectivity index (χ0n) is 11.3. The molecular weight excluding hydrogens is 334 g/mol. The molecule has 1 amide bonds. The number of hydrogen-bond acceptors (Lipinski definition) is 6. The molecule has 1 N–H and O–H groups in total. The van der Waals surface area contributed by atoms with E-state index in [4.69, 9.17) is 0 Å². The van der Waals surface area contributed by atoms with Gasteiger partial charge in [-0.25, -0.2) is 5.43 Å². The van der Waals surface area contributed by atoms with Crippen LogP contribution < -0.4 is 5.43 Å². The fourth-order valence-corrected chi connectivity index (χ4v) is 4.65. The number of amides is 1. The van der Waals surface area contributed by atoms with Crippen molar-refractivity contribution in [3.8, 4) is 0 Å². The topological polar surface area (TPSA) is 54.4 Å². The third-order valence-corrected chi connectivity index (χ3v) is 5.79. The Kier molecular flexibility index (Phi) is 4.99. The molecule has 110 valence electrons. The average molecular weight is 345 g/mol. The molecule has 4 nitrogen and oxygen atoms in total. The molecule has 0 atom stereocenters. The van der Waals surface area contributed by atoms with Crippen LogP contribution in [0.25, 0.3) is 0 Å². The lowest BCUT2D eigenvalue weighted by molar-refractivity contribution is 0.0955. The number of carbonyl (C=O) groups is 1. The van der Waals surface area contributed by atoms with Crippen LogP contribution in [0.4, 0.5) is 0 Å². The van der Waals surface area contributed by atoms with Gasteiger partial charge in [0.05, 0.1) is 14.6 Å². The van der Waals surface area contributed by atoms with Gasteiger partial charge in [-0.1, -0.05) is 17.8 Å². The van der Waals surface area contributed by atoms with Gasteiger partial charge >= 0.3 is 0 Å². The third kappa shape index (κ3) is 4.03. The Hall–Kier alpha value is -1.96. The fraction of sp³-hybridized carbons (Fsp3) is 0. The van der Waals surface area contributed by atoms with Crippen LogP contribution in [-0.4, -0.2) is 17.1 Å². The van der Waals surface area contributed by atoms with Crippen LogP contribution in [0.5, 0.6) is 0 Å². The number of nitrogens with one attached hydrogen (secondary N) is 1. The number of nitrogens with zero attached hydrogens (tertiary/aromatic N) is 2. The zero-order valence-corrected chi connectivity index (χ0v) is 13.8. The van der Waals surface area contributed by atoms with E-state index in [-0.39, 0.29) is 5.91 Å². The quantitative estimate of drug-likeness (QED) is 0.559. The van der Waals surface area contributed by atoms with Gasteiger partial charge in [0, 0.05) is 22.8 Å². The Bertz CT molecular complexity index is 766. The first-order valence-corrected chi connectivity index (χ1v) is 8.87. The third-order valence-electron chi connectivity index (χ3n) is 2.60. The highest BCUT2D eigenvalue weighted by atomic mass is 32.2. The molecule has 0 spiro atoms. The second-order valence-corrected chi connectivity index (χ2v) is 7.79. The fourth-order valence-electron chi connectivity index (χ4n) is 1.60. The Morgan fingerprint density at radius 1 is 1.18 bits per heavy atom. The van der Waals surface area contributed by atoms with Crippen LogP contribution in [0.1, 0.15) is 15.2 Å². The van der Waals surface area contributed by atoms with Gasteiger partial charge in [0.2, 0.25) is 0 Å². The maximum atomic E-state index is 11.8. The van der Waals surface area contributed by atoms with Gasteiger partial charge in [-0.3, -0.25) is 9.78 Å². The lowest BCUT2D eigenvalue weighted by atomic mass is 10.3. The van der Waals surface area contributed by atoms with Crippen molar-refractivity contribution in [1.82, 2.24) is 10.4 Å². The van der Waals surface area contributed by atoms with Gasteiger partial charge in [0.15, 0.2) is 0 Å². The molecule has 0 saturated carbocycles. The van der Waals surface area contributed by atoms with E-state index >= 15 is 0 Å². The minimum absolute atomic E-state index is 0.247. The summed E-state index contributed by atoms with van der Waals surface area (Å²) in [5.74, 6) is -0.247. The SMILES string of the molecule is O=C(N/N=C\c1ccc(Sc2cccs2)s1)c1ccncc1. The van der Waals surface area contributed by atoms with E-state index in [0.717, 1.165) is 4.88 Å². The molecule has 0 bridgehead atoms. The summed E-state index contributed by atoms with van der Waals surface area (Å²) in [5, 5.41) is 6.05. The molecule has 3 aromatic rings. The van der Waals surface area contributed by atoms with Crippen LogP contribution in [-0.2, 0) is 0 Å². The Balaban J connectivity index is 1.57. The van der Waals surface area contributed by atoms with Gasteiger partial charge < -0.3 is 0 Å². The molecule has 0 aliphatic carbocycles. The molecule has 3 heterocycles. The molecule has 3 aromatic heterocycles. The molecule has 0 aliphatic heterocycles. The van der Waals surface area contributed by atoms with Crippen molar-refractivity contribution >= 4 is 46.6 Å². The summed E-state index contributed by atoms with van der Waals surface area (Å²) >= 11 is 5.09. The van der Waals surface area contributed by atoms with Crippen LogP contribution in [0.3, 0.4) is 0 Å². The first kappa shape index (κ1) is 15.0. The Morgan fingerprint density at radius 3 is 2.82 bits per heavy atom. The predicted octanol–water partition coefficient (Wildman–Crippen LogP) is 4.12. The van der Waals surface area contributed by atoms with Gasteiger partial charge in [-0.05, 0) is 35.7 Å². The van der Waals surface area contributed by atoms with Crippen molar-refractivity contribution in [3.63, 3.8) is 0 Å². The molecule has 0 fully saturated rings. The van der Waals surface area contributed by atoms with E-state index < -0.39 is 0 Å². The van der Waals surface area contributed by atoms with Gasteiger partial charge in [-0.15, -0.1) is 22.7 Å².